The number of methoxy groups -OCH3 is 2. The summed E-state index contributed by atoms with van der Waals surface area (Å²) in [7, 11) is 4.93. The summed E-state index contributed by atoms with van der Waals surface area (Å²) in [6.45, 7) is 1.58. The normalized spacial score (nSPS) is 24.8. The van der Waals surface area contributed by atoms with Crippen LogP contribution >= 0.6 is 0 Å². The first kappa shape index (κ1) is 22.4. The van der Waals surface area contributed by atoms with Gasteiger partial charge in [0.1, 0.15) is 35.8 Å². The van der Waals surface area contributed by atoms with E-state index in [-0.39, 0.29) is 30.6 Å². The average Bonchev–Trinajstić information content (AvgIpc) is 3.26. The zero-order chi connectivity index (χ0) is 24.0. The Morgan fingerprint density at radius 2 is 1.82 bits per heavy atom. The van der Waals surface area contributed by atoms with Gasteiger partial charge in [0.2, 0.25) is 0 Å². The number of likely N-dealkylation sites (N-methyl/N-ethyl adjacent to an activating group) is 1. The Morgan fingerprint density at radius 3 is 2.53 bits per heavy atom. The fourth-order valence-corrected chi connectivity index (χ4v) is 5.11. The maximum Gasteiger partial charge on any atom is 0.328 e. The van der Waals surface area contributed by atoms with E-state index in [0.29, 0.717) is 23.6 Å². The van der Waals surface area contributed by atoms with Gasteiger partial charge in [0.05, 0.1) is 26.5 Å². The van der Waals surface area contributed by atoms with Crippen LogP contribution in [0.25, 0.3) is 0 Å². The zero-order valence-corrected chi connectivity index (χ0v) is 19.4. The van der Waals surface area contributed by atoms with Crippen molar-refractivity contribution in [2.45, 2.75) is 31.5 Å². The molecule has 0 radical (unpaired) electrons. The van der Waals surface area contributed by atoms with Crippen molar-refractivity contribution in [3.05, 3.63) is 53.8 Å². The lowest BCUT2D eigenvalue weighted by Gasteiger charge is -2.44. The van der Waals surface area contributed by atoms with Gasteiger partial charge >= 0.3 is 6.03 Å². The molecule has 3 aliphatic heterocycles. The molecule has 10 heteroatoms. The van der Waals surface area contributed by atoms with E-state index < -0.39 is 12.2 Å². The largest absolute Gasteiger partial charge is 0.497 e. The number of hydrogen-bond acceptors (Lipinski definition) is 7. The van der Waals surface area contributed by atoms with Crippen LogP contribution in [-0.2, 0) is 11.3 Å². The summed E-state index contributed by atoms with van der Waals surface area (Å²) >= 11 is 0. The molecule has 3 saturated heterocycles. The number of imide groups is 1. The molecule has 0 bridgehead atoms. The second-order valence-corrected chi connectivity index (χ2v) is 8.70. The molecule has 3 amide bonds. The van der Waals surface area contributed by atoms with Gasteiger partial charge in [-0.05, 0) is 36.2 Å². The number of carbonyl (C=O) groups excluding carboxylic acids is 2. The van der Waals surface area contributed by atoms with E-state index in [2.05, 4.69) is 15.1 Å². The highest BCUT2D eigenvalue weighted by molar-refractivity contribution is 6.00. The lowest BCUT2D eigenvalue weighted by molar-refractivity contribution is -0.139. The van der Waals surface area contributed by atoms with Crippen LogP contribution in [0, 0.1) is 5.82 Å². The van der Waals surface area contributed by atoms with E-state index in [1.807, 2.05) is 18.2 Å². The number of nitrogens with zero attached hydrogens (tertiary/aromatic N) is 4. The van der Waals surface area contributed by atoms with Crippen molar-refractivity contribution >= 4 is 17.6 Å². The van der Waals surface area contributed by atoms with Crippen molar-refractivity contribution < 1.29 is 23.5 Å². The maximum absolute atomic E-state index is 13.6. The predicted molar refractivity (Wildman–Crippen MR) is 123 cm³/mol. The number of hydrogen-bond donors (Lipinski definition) is 1. The van der Waals surface area contributed by atoms with Gasteiger partial charge in [-0.25, -0.2) is 9.18 Å². The summed E-state index contributed by atoms with van der Waals surface area (Å²) in [6, 6.07) is 10.6. The number of anilines is 1. The number of amides is 3. The fourth-order valence-electron chi connectivity index (χ4n) is 5.11. The molecule has 2 aromatic rings. The molecule has 3 atom stereocenters. The van der Waals surface area contributed by atoms with Gasteiger partial charge < -0.3 is 19.3 Å². The SMILES string of the molecule is COc1ccc(N2CCCN3C4C(=O)N(Cc5ccc(F)cc5)C(=O)N(C)C4NC23)c(OC)c1. The first-order chi connectivity index (χ1) is 16.4. The molecule has 3 fully saturated rings. The van der Waals surface area contributed by atoms with Crippen LogP contribution in [0.5, 0.6) is 11.5 Å². The van der Waals surface area contributed by atoms with Crippen molar-refractivity contribution in [2.75, 3.05) is 39.3 Å². The molecule has 0 aliphatic carbocycles. The predicted octanol–water partition coefficient (Wildman–Crippen LogP) is 2.03. The second kappa shape index (κ2) is 8.77. The molecule has 34 heavy (non-hydrogen) atoms. The van der Waals surface area contributed by atoms with Crippen LogP contribution < -0.4 is 19.7 Å². The third-order valence-electron chi connectivity index (χ3n) is 6.82. The average molecular weight is 470 g/mol. The number of urea groups is 1. The maximum atomic E-state index is 13.6. The topological polar surface area (TPSA) is 77.6 Å². The Bertz CT molecular complexity index is 1100. The quantitative estimate of drug-likeness (QED) is 0.718. The Hall–Kier alpha value is -3.37. The standard InChI is InChI=1S/C24H28FN5O4/c1-27-21-20(22(31)30(24(27)32)14-15-5-7-16(25)8-6-15)29-12-4-11-28(23(29)26-21)18-10-9-17(33-2)13-19(18)34-3/h5-10,13,20-21,23,26H,4,11-12,14H2,1-3H3. The molecule has 1 N–H and O–H groups in total. The lowest BCUT2D eigenvalue weighted by Crippen LogP contribution is -2.66. The number of benzene rings is 2. The molecule has 0 spiro atoms. The Morgan fingerprint density at radius 1 is 1.06 bits per heavy atom. The van der Waals surface area contributed by atoms with Gasteiger partial charge in [-0.1, -0.05) is 12.1 Å². The first-order valence-electron chi connectivity index (χ1n) is 11.3. The molecule has 3 heterocycles. The molecule has 3 aliphatic rings. The summed E-state index contributed by atoms with van der Waals surface area (Å²) in [5, 5.41) is 3.50. The monoisotopic (exact) mass is 469 g/mol. The van der Waals surface area contributed by atoms with Gasteiger partial charge in [0.15, 0.2) is 0 Å². The third-order valence-corrected chi connectivity index (χ3v) is 6.82. The Labute approximate surface area is 197 Å². The molecule has 3 unspecified atom stereocenters. The zero-order valence-electron chi connectivity index (χ0n) is 19.4. The smallest absolute Gasteiger partial charge is 0.328 e. The number of ether oxygens (including phenoxy) is 2. The van der Waals surface area contributed by atoms with Crippen LogP contribution in [0.3, 0.4) is 0 Å². The Kier molecular flexibility index (Phi) is 5.78. The second-order valence-electron chi connectivity index (χ2n) is 8.70. The summed E-state index contributed by atoms with van der Waals surface area (Å²) in [5.41, 5.74) is 1.58. The minimum Gasteiger partial charge on any atom is -0.497 e. The van der Waals surface area contributed by atoms with Gasteiger partial charge in [0, 0.05) is 26.2 Å². The summed E-state index contributed by atoms with van der Waals surface area (Å²) in [5.74, 6) is 0.754. The number of rotatable bonds is 5. The van der Waals surface area contributed by atoms with Crippen molar-refractivity contribution in [1.29, 1.82) is 0 Å². The molecular formula is C24H28FN5O4. The number of carbonyl (C=O) groups is 2. The van der Waals surface area contributed by atoms with Gasteiger partial charge in [-0.3, -0.25) is 19.9 Å². The van der Waals surface area contributed by atoms with Crippen LogP contribution in [0.1, 0.15) is 12.0 Å². The summed E-state index contributed by atoms with van der Waals surface area (Å²) in [6.07, 6.45) is 0.106. The minimum atomic E-state index is -0.528. The van der Waals surface area contributed by atoms with Crippen LogP contribution in [0.2, 0.25) is 0 Å². The lowest BCUT2D eigenvalue weighted by atomic mass is 10.1. The van der Waals surface area contributed by atoms with E-state index in [1.54, 1.807) is 38.3 Å². The molecule has 180 valence electrons. The van der Waals surface area contributed by atoms with Crippen LogP contribution in [0.4, 0.5) is 14.9 Å². The highest BCUT2D eigenvalue weighted by atomic mass is 19.1. The van der Waals surface area contributed by atoms with E-state index in [4.69, 9.17) is 9.47 Å². The van der Waals surface area contributed by atoms with Gasteiger partial charge in [-0.2, -0.15) is 0 Å². The fraction of sp³-hybridized carbons (Fsp3) is 0.417. The van der Waals surface area contributed by atoms with E-state index >= 15 is 0 Å². The van der Waals surface area contributed by atoms with Crippen LogP contribution in [-0.4, -0.2) is 79.5 Å². The highest BCUT2D eigenvalue weighted by Gasteiger charge is 2.56. The molecule has 5 rings (SSSR count). The first-order valence-corrected chi connectivity index (χ1v) is 11.3. The third kappa shape index (κ3) is 3.63. The number of fused-ring (bicyclic) bond motifs is 3. The Balaban J connectivity index is 1.44. The van der Waals surface area contributed by atoms with Crippen molar-refractivity contribution in [3.8, 4) is 11.5 Å². The van der Waals surface area contributed by atoms with Gasteiger partial charge in [-0.15, -0.1) is 0 Å². The van der Waals surface area contributed by atoms with E-state index in [9.17, 15) is 14.0 Å². The highest BCUT2D eigenvalue weighted by Crippen LogP contribution is 2.38. The van der Waals surface area contributed by atoms with Crippen molar-refractivity contribution in [1.82, 2.24) is 20.0 Å². The van der Waals surface area contributed by atoms with Crippen LogP contribution in [0.15, 0.2) is 42.5 Å². The summed E-state index contributed by atoms with van der Waals surface area (Å²) in [4.78, 5) is 33.8. The molecule has 9 nitrogen and oxygen atoms in total. The van der Waals surface area contributed by atoms with E-state index in [1.165, 1.54) is 17.0 Å². The number of halogens is 1. The van der Waals surface area contributed by atoms with Crippen molar-refractivity contribution in [3.63, 3.8) is 0 Å². The molecule has 0 saturated carbocycles. The molecular weight excluding hydrogens is 441 g/mol. The minimum absolute atomic E-state index is 0.0973. The van der Waals surface area contributed by atoms with Gasteiger partial charge in [0.25, 0.3) is 5.91 Å². The van der Waals surface area contributed by atoms with E-state index in [0.717, 1.165) is 18.7 Å². The van der Waals surface area contributed by atoms with Crippen molar-refractivity contribution in [2.24, 2.45) is 0 Å². The molecule has 0 aromatic heterocycles. The number of nitrogens with one attached hydrogen (secondary N) is 1. The summed E-state index contributed by atoms with van der Waals surface area (Å²) < 4.78 is 24.3. The molecule has 2 aromatic carbocycles.